The minimum atomic E-state index is -3.95. The summed E-state index contributed by atoms with van der Waals surface area (Å²) in [5.74, 6) is 0. The molecule has 1 aliphatic rings. The van der Waals surface area contributed by atoms with Crippen LogP contribution < -0.4 is 0 Å². The van der Waals surface area contributed by atoms with Crippen molar-refractivity contribution in [3.63, 3.8) is 0 Å². The molecular formula is C22H14ClN3O2S3. The molecule has 5 rings (SSSR count). The Labute approximate surface area is 190 Å². The molecule has 0 aliphatic carbocycles. The fourth-order valence-corrected chi connectivity index (χ4v) is 8.21. The lowest BCUT2D eigenvalue weighted by molar-refractivity contribution is 0.589. The van der Waals surface area contributed by atoms with Crippen LogP contribution in [0.15, 0.2) is 92.5 Å². The summed E-state index contributed by atoms with van der Waals surface area (Å²) in [5, 5.41) is 12.9. The molecule has 0 spiro atoms. The molecule has 0 bridgehead atoms. The van der Waals surface area contributed by atoms with E-state index in [-0.39, 0.29) is 4.90 Å². The lowest BCUT2D eigenvalue weighted by atomic mass is 10.2. The number of para-hydroxylation sites is 1. The van der Waals surface area contributed by atoms with E-state index in [1.165, 1.54) is 27.4 Å². The third kappa shape index (κ3) is 3.22. The summed E-state index contributed by atoms with van der Waals surface area (Å²) in [4.78, 5) is 6.52. The third-order valence-corrected chi connectivity index (χ3v) is 9.86. The van der Waals surface area contributed by atoms with Crippen LogP contribution in [0.3, 0.4) is 0 Å². The van der Waals surface area contributed by atoms with E-state index in [0.29, 0.717) is 21.1 Å². The van der Waals surface area contributed by atoms with Crippen molar-refractivity contribution in [2.75, 3.05) is 0 Å². The highest BCUT2D eigenvalue weighted by Gasteiger charge is 2.31. The Morgan fingerprint density at radius 3 is 2.61 bits per heavy atom. The van der Waals surface area contributed by atoms with E-state index in [4.69, 9.17) is 11.6 Å². The van der Waals surface area contributed by atoms with E-state index >= 15 is 0 Å². The lowest BCUT2D eigenvalue weighted by Crippen LogP contribution is -2.14. The topological polar surface area (TPSA) is 75.8 Å². The van der Waals surface area contributed by atoms with Crippen LogP contribution in [0.1, 0.15) is 0 Å². The zero-order valence-corrected chi connectivity index (χ0v) is 19.1. The fourth-order valence-electron chi connectivity index (χ4n) is 3.62. The summed E-state index contributed by atoms with van der Waals surface area (Å²) >= 11 is 7.35. The van der Waals surface area contributed by atoms with Crippen LogP contribution in [0.2, 0.25) is 5.02 Å². The number of fused-ring (bicyclic) bond motifs is 1. The molecular weight excluding hydrogens is 470 g/mol. The molecule has 1 atom stereocenters. The Morgan fingerprint density at radius 2 is 1.90 bits per heavy atom. The summed E-state index contributed by atoms with van der Waals surface area (Å²) in [5.41, 5.74) is 2.79. The molecule has 9 heteroatoms. The first-order valence-corrected chi connectivity index (χ1v) is 13.2. The van der Waals surface area contributed by atoms with Gasteiger partial charge in [-0.2, -0.15) is 16.2 Å². The predicted molar refractivity (Wildman–Crippen MR) is 127 cm³/mol. The summed E-state index contributed by atoms with van der Waals surface area (Å²) < 4.78 is 29.1. The van der Waals surface area contributed by atoms with Gasteiger partial charge in [0.1, 0.15) is 6.07 Å². The predicted octanol–water partition coefficient (Wildman–Crippen LogP) is 5.95. The molecule has 2 aromatic carbocycles. The van der Waals surface area contributed by atoms with Gasteiger partial charge in [0.2, 0.25) is 0 Å². The van der Waals surface area contributed by atoms with Crippen molar-refractivity contribution in [3.8, 4) is 16.6 Å². The van der Waals surface area contributed by atoms with E-state index < -0.39 is 20.9 Å². The Balaban J connectivity index is 1.91. The van der Waals surface area contributed by atoms with Gasteiger partial charge in [-0.25, -0.2) is 12.4 Å². The van der Waals surface area contributed by atoms with Crippen molar-refractivity contribution >= 4 is 54.8 Å². The van der Waals surface area contributed by atoms with Crippen molar-refractivity contribution < 1.29 is 8.42 Å². The maximum atomic E-state index is 13.9. The van der Waals surface area contributed by atoms with Crippen LogP contribution in [0.5, 0.6) is 0 Å². The normalized spacial score (nSPS) is 17.0. The average molecular weight is 484 g/mol. The zero-order chi connectivity index (χ0) is 21.6. The second-order valence-corrected chi connectivity index (χ2v) is 11.8. The number of thiazole rings is 1. The number of thiol groups is 1. The Bertz CT molecular complexity index is 1510. The van der Waals surface area contributed by atoms with Gasteiger partial charge in [-0.3, -0.25) is 4.98 Å². The monoisotopic (exact) mass is 483 g/mol. The van der Waals surface area contributed by atoms with Crippen LogP contribution in [-0.2, 0) is 10.0 Å². The van der Waals surface area contributed by atoms with Crippen molar-refractivity contribution in [1.29, 1.82) is 5.26 Å². The lowest BCUT2D eigenvalue weighted by Gasteiger charge is -2.17. The van der Waals surface area contributed by atoms with E-state index in [2.05, 4.69) is 11.1 Å². The van der Waals surface area contributed by atoms with Crippen molar-refractivity contribution in [2.45, 2.75) is 9.79 Å². The van der Waals surface area contributed by atoms with E-state index in [1.807, 2.05) is 29.7 Å². The Kier molecular flexibility index (Phi) is 4.99. The largest absolute Gasteiger partial charge is 0.268 e. The highest BCUT2D eigenvalue weighted by molar-refractivity contribution is 8.23. The smallest absolute Gasteiger partial charge is 0.252 e. The molecule has 0 radical (unpaired) electrons. The Hall–Kier alpha value is -2.83. The maximum absolute atomic E-state index is 13.9. The molecule has 154 valence electrons. The quantitative estimate of drug-likeness (QED) is 0.364. The summed E-state index contributed by atoms with van der Waals surface area (Å²) in [6.07, 6.45) is 5.32. The zero-order valence-electron chi connectivity index (χ0n) is 15.8. The van der Waals surface area contributed by atoms with Gasteiger partial charge in [0, 0.05) is 21.5 Å². The molecule has 0 fully saturated rings. The average Bonchev–Trinajstić information content (AvgIpc) is 3.51. The van der Waals surface area contributed by atoms with E-state index in [1.54, 1.807) is 36.0 Å². The van der Waals surface area contributed by atoms with Gasteiger partial charge in [0.05, 0.1) is 31.4 Å². The molecule has 0 amide bonds. The van der Waals surface area contributed by atoms with Crippen LogP contribution >= 0.6 is 33.8 Å². The SMILES string of the molecule is N#CC1=CC=C[SH]1c1c(-c2cncs2)n(S(=O)(=O)c2ccc(Cl)cc2)c2ccccc12. The number of hydrogen-bond donors (Lipinski definition) is 1. The van der Waals surface area contributed by atoms with Gasteiger partial charge in [-0.15, -0.1) is 11.3 Å². The molecule has 2 aromatic heterocycles. The third-order valence-electron chi connectivity index (χ3n) is 4.93. The van der Waals surface area contributed by atoms with Crippen molar-refractivity contribution in [3.05, 3.63) is 87.7 Å². The first kappa shape index (κ1) is 20.1. The van der Waals surface area contributed by atoms with Gasteiger partial charge in [0.15, 0.2) is 0 Å². The van der Waals surface area contributed by atoms with E-state index in [0.717, 1.165) is 15.2 Å². The molecule has 4 aromatic rings. The molecule has 31 heavy (non-hydrogen) atoms. The first-order chi connectivity index (χ1) is 15.0. The second-order valence-electron chi connectivity index (χ2n) is 6.68. The van der Waals surface area contributed by atoms with Gasteiger partial charge in [-0.05, 0) is 41.8 Å². The number of nitrogens with zero attached hydrogens (tertiary/aromatic N) is 3. The molecule has 0 saturated heterocycles. The highest BCUT2D eigenvalue weighted by atomic mass is 35.5. The number of hydrogen-bond acceptors (Lipinski definition) is 5. The number of allylic oxidation sites excluding steroid dienone is 3. The van der Waals surface area contributed by atoms with Crippen molar-refractivity contribution in [1.82, 2.24) is 8.96 Å². The fraction of sp³-hybridized carbons (Fsp3) is 0. The van der Waals surface area contributed by atoms with Crippen LogP contribution in [0, 0.1) is 11.3 Å². The van der Waals surface area contributed by atoms with Crippen molar-refractivity contribution in [2.24, 2.45) is 0 Å². The Morgan fingerprint density at radius 1 is 1.13 bits per heavy atom. The maximum Gasteiger partial charge on any atom is 0.268 e. The molecule has 3 heterocycles. The standard InChI is InChI=1S/C22H14ClN3O2S3/c23-15-7-9-17(10-8-15)31(27,28)26-19-6-2-1-5-18(19)22(21(26)20-13-25-14-29-20)30-11-3-4-16(30)12-24/h1-11,13-14,30H. The number of benzene rings is 2. The summed E-state index contributed by atoms with van der Waals surface area (Å²) in [6.45, 7) is 0. The van der Waals surface area contributed by atoms with E-state index in [9.17, 15) is 13.7 Å². The molecule has 1 unspecified atom stereocenters. The van der Waals surface area contributed by atoms with Gasteiger partial charge < -0.3 is 0 Å². The number of nitriles is 1. The second kappa shape index (κ2) is 7.70. The minimum absolute atomic E-state index is 0.140. The van der Waals surface area contributed by atoms with Crippen LogP contribution in [0.4, 0.5) is 0 Å². The van der Waals surface area contributed by atoms with Gasteiger partial charge >= 0.3 is 0 Å². The molecule has 0 saturated carbocycles. The number of halogens is 1. The van der Waals surface area contributed by atoms with Crippen LogP contribution in [0.25, 0.3) is 21.5 Å². The van der Waals surface area contributed by atoms with Gasteiger partial charge in [0.25, 0.3) is 10.0 Å². The summed E-state index contributed by atoms with van der Waals surface area (Å²) in [6, 6.07) is 15.8. The molecule has 1 aliphatic heterocycles. The summed E-state index contributed by atoms with van der Waals surface area (Å²) in [7, 11) is -5.09. The molecule has 5 nitrogen and oxygen atoms in total. The number of aromatic nitrogens is 2. The van der Waals surface area contributed by atoms with Crippen LogP contribution in [-0.4, -0.2) is 17.4 Å². The first-order valence-electron chi connectivity index (χ1n) is 9.13. The van der Waals surface area contributed by atoms with Gasteiger partial charge in [-0.1, -0.05) is 35.9 Å². The highest BCUT2D eigenvalue weighted by Crippen LogP contribution is 2.56. The molecule has 0 N–H and O–H groups in total. The number of rotatable bonds is 4. The minimum Gasteiger partial charge on any atom is -0.252 e.